The zero-order chi connectivity index (χ0) is 10.1. The van der Waals surface area contributed by atoms with Crippen molar-refractivity contribution in [2.24, 2.45) is 11.3 Å². The highest BCUT2D eigenvalue weighted by Crippen LogP contribution is 2.47. The molecule has 74 valence electrons. The largest absolute Gasteiger partial charge is 0.0998 e. The van der Waals surface area contributed by atoms with Gasteiger partial charge in [-0.15, -0.1) is 0 Å². The fourth-order valence-electron chi connectivity index (χ4n) is 2.31. The van der Waals surface area contributed by atoms with Gasteiger partial charge in [0.05, 0.1) is 0 Å². The molecule has 1 saturated carbocycles. The summed E-state index contributed by atoms with van der Waals surface area (Å²) in [6, 6.07) is 0. The van der Waals surface area contributed by atoms with Crippen LogP contribution < -0.4 is 0 Å². The SMILES string of the molecule is C=C1CC(CC)CC(C)(C(=C)Cl)C1. The van der Waals surface area contributed by atoms with Crippen molar-refractivity contribution in [3.05, 3.63) is 23.8 Å². The molecule has 1 fully saturated rings. The van der Waals surface area contributed by atoms with Gasteiger partial charge in [0.2, 0.25) is 0 Å². The van der Waals surface area contributed by atoms with Gasteiger partial charge in [-0.2, -0.15) is 0 Å². The molecule has 1 heteroatoms. The van der Waals surface area contributed by atoms with Gasteiger partial charge in [0.1, 0.15) is 0 Å². The molecule has 0 aromatic rings. The van der Waals surface area contributed by atoms with Crippen molar-refractivity contribution in [2.75, 3.05) is 0 Å². The van der Waals surface area contributed by atoms with Gasteiger partial charge in [0.15, 0.2) is 0 Å². The maximum Gasteiger partial charge on any atom is 0.0171 e. The van der Waals surface area contributed by atoms with E-state index in [4.69, 9.17) is 11.6 Å². The lowest BCUT2D eigenvalue weighted by molar-refractivity contribution is 0.248. The highest BCUT2D eigenvalue weighted by atomic mass is 35.5. The Morgan fingerprint density at radius 2 is 2.31 bits per heavy atom. The molecule has 0 amide bonds. The van der Waals surface area contributed by atoms with Gasteiger partial charge in [0, 0.05) is 10.4 Å². The Morgan fingerprint density at radius 1 is 1.69 bits per heavy atom. The summed E-state index contributed by atoms with van der Waals surface area (Å²) in [4.78, 5) is 0. The van der Waals surface area contributed by atoms with Crippen LogP contribution >= 0.6 is 11.6 Å². The summed E-state index contributed by atoms with van der Waals surface area (Å²) in [6.45, 7) is 12.4. The van der Waals surface area contributed by atoms with Crippen LogP contribution in [-0.2, 0) is 0 Å². The molecular weight excluding hydrogens is 180 g/mol. The average Bonchev–Trinajstić information content (AvgIpc) is 2.02. The predicted octanol–water partition coefficient (Wildman–Crippen LogP) is 4.51. The Hall–Kier alpha value is -0.230. The molecule has 0 bridgehead atoms. The van der Waals surface area contributed by atoms with Gasteiger partial charge in [0.25, 0.3) is 0 Å². The van der Waals surface area contributed by atoms with E-state index in [1.807, 2.05) is 0 Å². The van der Waals surface area contributed by atoms with Crippen molar-refractivity contribution in [1.82, 2.24) is 0 Å². The molecule has 0 radical (unpaired) electrons. The van der Waals surface area contributed by atoms with E-state index in [1.165, 1.54) is 24.8 Å². The molecule has 0 aliphatic heterocycles. The van der Waals surface area contributed by atoms with Crippen LogP contribution in [0.4, 0.5) is 0 Å². The van der Waals surface area contributed by atoms with Crippen molar-refractivity contribution in [2.45, 2.75) is 39.5 Å². The number of hydrogen-bond acceptors (Lipinski definition) is 0. The minimum absolute atomic E-state index is 0.0948. The topological polar surface area (TPSA) is 0 Å². The van der Waals surface area contributed by atoms with Crippen LogP contribution in [0.2, 0.25) is 0 Å². The van der Waals surface area contributed by atoms with E-state index in [0.29, 0.717) is 0 Å². The van der Waals surface area contributed by atoms with Crippen molar-refractivity contribution >= 4 is 11.6 Å². The molecule has 2 unspecified atom stereocenters. The second-order valence-corrected chi connectivity index (χ2v) is 5.03. The first-order valence-electron chi connectivity index (χ1n) is 4.99. The number of hydrogen-bond donors (Lipinski definition) is 0. The molecule has 1 rings (SSSR count). The van der Waals surface area contributed by atoms with Crippen molar-refractivity contribution in [1.29, 1.82) is 0 Å². The Kier molecular flexibility index (Phi) is 3.23. The molecular formula is C12H19Cl. The van der Waals surface area contributed by atoms with Crippen LogP contribution in [0.25, 0.3) is 0 Å². The molecule has 1 aliphatic carbocycles. The van der Waals surface area contributed by atoms with Gasteiger partial charge in [-0.1, -0.05) is 50.6 Å². The Balaban J connectivity index is 2.77. The minimum atomic E-state index is 0.0948. The molecule has 0 aromatic heterocycles. The van der Waals surface area contributed by atoms with Gasteiger partial charge in [-0.25, -0.2) is 0 Å². The van der Waals surface area contributed by atoms with E-state index >= 15 is 0 Å². The first-order valence-corrected chi connectivity index (χ1v) is 5.37. The standard InChI is InChI=1S/C12H19Cl/c1-5-11-6-9(2)7-12(4,8-11)10(3)13/h11H,2-3,5-8H2,1,4H3. The van der Waals surface area contributed by atoms with Crippen molar-refractivity contribution < 1.29 is 0 Å². The van der Waals surface area contributed by atoms with Crippen LogP contribution in [0.1, 0.15) is 39.5 Å². The third-order valence-corrected chi connectivity index (χ3v) is 3.65. The van der Waals surface area contributed by atoms with Crippen LogP contribution in [0.15, 0.2) is 23.8 Å². The Bertz CT molecular complexity index is 229. The third-order valence-electron chi connectivity index (χ3n) is 3.19. The second-order valence-electron chi connectivity index (χ2n) is 4.57. The summed E-state index contributed by atoms with van der Waals surface area (Å²) >= 11 is 6.05. The van der Waals surface area contributed by atoms with E-state index in [1.54, 1.807) is 0 Å². The summed E-state index contributed by atoms with van der Waals surface area (Å²) in [5.74, 6) is 0.752. The molecule has 13 heavy (non-hydrogen) atoms. The van der Waals surface area contributed by atoms with Gasteiger partial charge in [-0.05, 0) is 25.2 Å². The van der Waals surface area contributed by atoms with E-state index in [9.17, 15) is 0 Å². The molecule has 0 heterocycles. The predicted molar refractivity (Wildman–Crippen MR) is 59.9 cm³/mol. The molecule has 1 aliphatic rings. The van der Waals surface area contributed by atoms with E-state index in [-0.39, 0.29) is 5.41 Å². The van der Waals surface area contributed by atoms with Crippen molar-refractivity contribution in [3.63, 3.8) is 0 Å². The lowest BCUT2D eigenvalue weighted by atomic mass is 9.68. The number of allylic oxidation sites excluding steroid dienone is 2. The summed E-state index contributed by atoms with van der Waals surface area (Å²) in [7, 11) is 0. The lowest BCUT2D eigenvalue weighted by Gasteiger charge is -2.38. The summed E-state index contributed by atoms with van der Waals surface area (Å²) in [6.07, 6.45) is 4.59. The maximum atomic E-state index is 6.05. The van der Waals surface area contributed by atoms with Crippen LogP contribution in [0.3, 0.4) is 0 Å². The molecule has 0 saturated heterocycles. The Morgan fingerprint density at radius 3 is 2.77 bits per heavy atom. The van der Waals surface area contributed by atoms with Gasteiger partial charge < -0.3 is 0 Å². The third kappa shape index (κ3) is 2.37. The molecule has 2 atom stereocenters. The Labute approximate surface area is 86.7 Å². The quantitative estimate of drug-likeness (QED) is 0.573. The highest BCUT2D eigenvalue weighted by molar-refractivity contribution is 6.29. The summed E-state index contributed by atoms with van der Waals surface area (Å²) in [5, 5.41) is 0.798. The number of rotatable bonds is 2. The molecule has 0 nitrogen and oxygen atoms in total. The lowest BCUT2D eigenvalue weighted by Crippen LogP contribution is -2.26. The molecule has 0 spiro atoms. The minimum Gasteiger partial charge on any atom is -0.0998 e. The molecule has 0 N–H and O–H groups in total. The van der Waals surface area contributed by atoms with E-state index < -0.39 is 0 Å². The highest BCUT2D eigenvalue weighted by Gasteiger charge is 2.34. The fourth-order valence-corrected chi connectivity index (χ4v) is 2.45. The van der Waals surface area contributed by atoms with Gasteiger partial charge >= 0.3 is 0 Å². The number of halogens is 1. The maximum absolute atomic E-state index is 6.05. The first-order chi connectivity index (χ1) is 5.98. The first kappa shape index (κ1) is 10.8. The van der Waals surface area contributed by atoms with Crippen LogP contribution in [0, 0.1) is 11.3 Å². The van der Waals surface area contributed by atoms with Crippen LogP contribution in [0.5, 0.6) is 0 Å². The summed E-state index contributed by atoms with van der Waals surface area (Å²) < 4.78 is 0. The van der Waals surface area contributed by atoms with E-state index in [0.717, 1.165) is 17.4 Å². The van der Waals surface area contributed by atoms with Crippen LogP contribution in [-0.4, -0.2) is 0 Å². The molecule has 0 aromatic carbocycles. The van der Waals surface area contributed by atoms with E-state index in [2.05, 4.69) is 27.0 Å². The monoisotopic (exact) mass is 198 g/mol. The van der Waals surface area contributed by atoms with Gasteiger partial charge in [-0.3, -0.25) is 0 Å². The normalized spacial score (nSPS) is 34.7. The smallest absolute Gasteiger partial charge is 0.0171 e. The second kappa shape index (κ2) is 3.88. The summed E-state index contributed by atoms with van der Waals surface area (Å²) in [5.41, 5.74) is 1.43. The average molecular weight is 199 g/mol. The van der Waals surface area contributed by atoms with Crippen molar-refractivity contribution in [3.8, 4) is 0 Å². The zero-order valence-electron chi connectivity index (χ0n) is 8.70. The zero-order valence-corrected chi connectivity index (χ0v) is 9.45. The fraction of sp³-hybridized carbons (Fsp3) is 0.667.